The van der Waals surface area contributed by atoms with Crippen LogP contribution in [0.3, 0.4) is 0 Å². The molecule has 1 aromatic carbocycles. The van der Waals surface area contributed by atoms with Crippen LogP contribution in [0.2, 0.25) is 0 Å². The van der Waals surface area contributed by atoms with Crippen LogP contribution in [0.25, 0.3) is 11.0 Å². The van der Waals surface area contributed by atoms with Crippen LogP contribution in [0.1, 0.15) is 67.5 Å². The molecule has 3 fully saturated rings. The SMILES string of the molecule is O=C(c1oc2ccccc2c1CSC1CCCCC1)N(C[C@@H]1CCCO1)[C@H]1CCS(=O)(=O)C1. The van der Waals surface area contributed by atoms with E-state index in [4.69, 9.17) is 9.15 Å². The van der Waals surface area contributed by atoms with Crippen LogP contribution in [-0.4, -0.2) is 61.3 Å². The van der Waals surface area contributed by atoms with Gasteiger partial charge in [0.05, 0.1) is 17.6 Å². The molecule has 33 heavy (non-hydrogen) atoms. The molecule has 0 unspecified atom stereocenters. The molecule has 2 aromatic rings. The number of sulfone groups is 1. The van der Waals surface area contributed by atoms with Gasteiger partial charge in [-0.3, -0.25) is 4.79 Å². The summed E-state index contributed by atoms with van der Waals surface area (Å²) in [6.07, 6.45) is 8.65. The Balaban J connectivity index is 1.45. The second kappa shape index (κ2) is 10.0. The fourth-order valence-corrected chi connectivity index (χ4v) is 8.49. The number of amides is 1. The molecule has 180 valence electrons. The molecule has 0 bridgehead atoms. The summed E-state index contributed by atoms with van der Waals surface area (Å²) in [5, 5.41) is 1.61. The Bertz CT molecular complexity index is 1080. The summed E-state index contributed by atoms with van der Waals surface area (Å²) >= 11 is 1.93. The topological polar surface area (TPSA) is 76.8 Å². The number of fused-ring (bicyclic) bond motifs is 1. The summed E-state index contributed by atoms with van der Waals surface area (Å²) in [6, 6.07) is 7.52. The van der Waals surface area contributed by atoms with Gasteiger partial charge in [-0.15, -0.1) is 0 Å². The molecule has 1 amide bonds. The second-order valence-corrected chi connectivity index (χ2v) is 13.1. The van der Waals surface area contributed by atoms with Crippen molar-refractivity contribution in [1.82, 2.24) is 4.90 Å². The van der Waals surface area contributed by atoms with Crippen LogP contribution in [-0.2, 0) is 20.3 Å². The van der Waals surface area contributed by atoms with Gasteiger partial charge >= 0.3 is 0 Å². The Morgan fingerprint density at radius 1 is 1.06 bits per heavy atom. The van der Waals surface area contributed by atoms with Gasteiger partial charge in [-0.05, 0) is 38.2 Å². The largest absolute Gasteiger partial charge is 0.451 e. The fraction of sp³-hybridized carbons (Fsp3) is 0.640. The van der Waals surface area contributed by atoms with Crippen molar-refractivity contribution < 1.29 is 22.4 Å². The average Bonchev–Trinajstić information content (AvgIpc) is 3.55. The van der Waals surface area contributed by atoms with Gasteiger partial charge in [0.1, 0.15) is 5.58 Å². The zero-order valence-electron chi connectivity index (χ0n) is 19.0. The predicted octanol–water partition coefficient (Wildman–Crippen LogP) is 4.81. The minimum Gasteiger partial charge on any atom is -0.451 e. The number of hydrogen-bond donors (Lipinski definition) is 0. The molecule has 2 atom stereocenters. The summed E-state index contributed by atoms with van der Waals surface area (Å²) < 4.78 is 36.4. The van der Waals surface area contributed by atoms with Gasteiger partial charge in [0.2, 0.25) is 0 Å². The lowest BCUT2D eigenvalue weighted by atomic mass is 10.0. The molecule has 3 aliphatic rings. The number of benzene rings is 1. The Morgan fingerprint density at radius 3 is 2.61 bits per heavy atom. The number of nitrogens with zero attached hydrogens (tertiary/aromatic N) is 1. The molecule has 2 saturated heterocycles. The van der Waals surface area contributed by atoms with E-state index in [1.165, 1.54) is 32.1 Å². The van der Waals surface area contributed by atoms with E-state index in [0.717, 1.165) is 35.1 Å². The van der Waals surface area contributed by atoms with Gasteiger partial charge in [0.25, 0.3) is 5.91 Å². The first kappa shape index (κ1) is 23.2. The molecular weight excluding hydrogens is 458 g/mol. The number of hydrogen-bond acceptors (Lipinski definition) is 6. The quantitative estimate of drug-likeness (QED) is 0.553. The molecule has 1 aromatic heterocycles. The van der Waals surface area contributed by atoms with Gasteiger partial charge in [-0.2, -0.15) is 11.8 Å². The number of furan rings is 1. The lowest BCUT2D eigenvalue weighted by Crippen LogP contribution is -2.45. The van der Waals surface area contributed by atoms with E-state index < -0.39 is 9.84 Å². The second-order valence-electron chi connectivity index (χ2n) is 9.63. The minimum absolute atomic E-state index is 0.0256. The van der Waals surface area contributed by atoms with Gasteiger partial charge in [0.15, 0.2) is 15.6 Å². The molecule has 1 aliphatic carbocycles. The Morgan fingerprint density at radius 2 is 1.88 bits per heavy atom. The highest BCUT2D eigenvalue weighted by Crippen LogP contribution is 2.36. The number of carbonyl (C=O) groups is 1. The number of thioether (sulfide) groups is 1. The maximum absolute atomic E-state index is 13.9. The van der Waals surface area contributed by atoms with Crippen molar-refractivity contribution in [2.24, 2.45) is 0 Å². The van der Waals surface area contributed by atoms with E-state index in [1.54, 1.807) is 4.90 Å². The first-order valence-electron chi connectivity index (χ1n) is 12.3. The van der Waals surface area contributed by atoms with Gasteiger partial charge in [-0.1, -0.05) is 37.5 Å². The highest BCUT2D eigenvalue weighted by molar-refractivity contribution is 7.99. The Kier molecular flexibility index (Phi) is 7.04. The average molecular weight is 492 g/mol. The van der Waals surface area contributed by atoms with E-state index in [9.17, 15) is 13.2 Å². The molecule has 1 saturated carbocycles. The fourth-order valence-electron chi connectivity index (χ4n) is 5.40. The van der Waals surface area contributed by atoms with Gasteiger partial charge in [0, 0.05) is 41.1 Å². The molecule has 8 heteroatoms. The maximum atomic E-state index is 13.9. The molecule has 0 spiro atoms. The lowest BCUT2D eigenvalue weighted by molar-refractivity contribution is 0.0419. The molecule has 5 rings (SSSR count). The van der Waals surface area contributed by atoms with E-state index >= 15 is 0 Å². The van der Waals surface area contributed by atoms with Crippen LogP contribution in [0.15, 0.2) is 28.7 Å². The first-order valence-corrected chi connectivity index (χ1v) is 15.1. The molecule has 6 nitrogen and oxygen atoms in total. The summed E-state index contributed by atoms with van der Waals surface area (Å²) in [5.74, 6) is 1.08. The van der Waals surface area contributed by atoms with Crippen LogP contribution in [0, 0.1) is 0 Å². The third-order valence-electron chi connectivity index (χ3n) is 7.24. The van der Waals surface area contributed by atoms with Crippen LogP contribution < -0.4 is 0 Å². The number of rotatable bonds is 7. The molecule has 2 aliphatic heterocycles. The zero-order valence-corrected chi connectivity index (χ0v) is 20.7. The van der Waals surface area contributed by atoms with E-state index in [-0.39, 0.29) is 29.6 Å². The van der Waals surface area contributed by atoms with Crippen molar-refractivity contribution >= 4 is 38.5 Å². The normalized spacial score (nSPS) is 25.6. The monoisotopic (exact) mass is 491 g/mol. The third kappa shape index (κ3) is 5.28. The van der Waals surface area contributed by atoms with Crippen molar-refractivity contribution in [2.75, 3.05) is 24.7 Å². The first-order chi connectivity index (χ1) is 16.0. The maximum Gasteiger partial charge on any atom is 0.290 e. The van der Waals surface area contributed by atoms with Gasteiger partial charge < -0.3 is 14.1 Å². The number of ether oxygens (including phenoxy) is 1. The molecule has 3 heterocycles. The number of carbonyl (C=O) groups excluding carboxylic acids is 1. The van der Waals surface area contributed by atoms with Gasteiger partial charge in [-0.25, -0.2) is 8.42 Å². The highest BCUT2D eigenvalue weighted by Gasteiger charge is 2.38. The molecule has 0 N–H and O–H groups in total. The summed E-state index contributed by atoms with van der Waals surface area (Å²) in [7, 11) is -3.12. The predicted molar refractivity (Wildman–Crippen MR) is 131 cm³/mol. The lowest BCUT2D eigenvalue weighted by Gasteiger charge is -2.30. The van der Waals surface area contributed by atoms with Crippen LogP contribution in [0.5, 0.6) is 0 Å². The summed E-state index contributed by atoms with van der Waals surface area (Å²) in [4.78, 5) is 15.7. The standard InChI is InChI=1S/C25H33NO5S2/c27-25(26(15-19-7-6-13-30-19)18-12-14-33(28,29)17-18)24-22(16-32-20-8-2-1-3-9-20)21-10-4-5-11-23(21)31-24/h4-5,10-11,18-20H,1-3,6-9,12-17H2/t18-,19-/m0/s1. The number of para-hydroxylation sites is 1. The highest BCUT2D eigenvalue weighted by atomic mass is 32.2. The summed E-state index contributed by atoms with van der Waals surface area (Å²) in [6.45, 7) is 1.12. The van der Waals surface area contributed by atoms with Crippen molar-refractivity contribution in [3.63, 3.8) is 0 Å². The van der Waals surface area contributed by atoms with Crippen molar-refractivity contribution in [3.8, 4) is 0 Å². The van der Waals surface area contributed by atoms with Crippen LogP contribution >= 0.6 is 11.8 Å². The molecule has 0 radical (unpaired) electrons. The van der Waals surface area contributed by atoms with Crippen molar-refractivity contribution in [3.05, 3.63) is 35.6 Å². The Hall–Kier alpha value is -1.51. The smallest absolute Gasteiger partial charge is 0.290 e. The van der Waals surface area contributed by atoms with E-state index in [1.807, 2.05) is 36.0 Å². The van der Waals surface area contributed by atoms with Crippen molar-refractivity contribution in [1.29, 1.82) is 0 Å². The molecular formula is C25H33NO5S2. The zero-order chi connectivity index (χ0) is 22.8. The Labute approximate surface area is 200 Å². The summed E-state index contributed by atoms with van der Waals surface area (Å²) in [5.41, 5.74) is 1.67. The minimum atomic E-state index is -3.12. The third-order valence-corrected chi connectivity index (χ3v) is 10.4. The van der Waals surface area contributed by atoms with E-state index in [2.05, 4.69) is 0 Å². The van der Waals surface area contributed by atoms with Crippen LogP contribution in [0.4, 0.5) is 0 Å². The van der Waals surface area contributed by atoms with E-state index in [0.29, 0.717) is 30.6 Å². The van der Waals surface area contributed by atoms with Crippen molar-refractivity contribution in [2.45, 2.75) is 74.5 Å².